The second-order valence-corrected chi connectivity index (χ2v) is 6.92. The zero-order valence-corrected chi connectivity index (χ0v) is 14.0. The van der Waals surface area contributed by atoms with Crippen molar-refractivity contribution in [2.45, 2.75) is 52.0 Å². The van der Waals surface area contributed by atoms with Crippen LogP contribution < -0.4 is 5.32 Å². The number of halogens is 2. The summed E-state index contributed by atoms with van der Waals surface area (Å²) < 4.78 is 0. The summed E-state index contributed by atoms with van der Waals surface area (Å²) >= 11 is 12.4. The van der Waals surface area contributed by atoms with Crippen LogP contribution in [0.15, 0.2) is 18.2 Å². The lowest BCUT2D eigenvalue weighted by Gasteiger charge is -2.28. The van der Waals surface area contributed by atoms with Crippen LogP contribution in [-0.4, -0.2) is 12.6 Å². The van der Waals surface area contributed by atoms with Gasteiger partial charge in [0.05, 0.1) is 0 Å². The molecule has 1 aromatic carbocycles. The Morgan fingerprint density at radius 1 is 1.30 bits per heavy atom. The minimum absolute atomic E-state index is 0.517. The van der Waals surface area contributed by atoms with Crippen LogP contribution in [0, 0.1) is 11.8 Å². The number of hydrogen-bond donors (Lipinski definition) is 1. The second-order valence-electron chi connectivity index (χ2n) is 6.07. The van der Waals surface area contributed by atoms with E-state index in [-0.39, 0.29) is 0 Å². The summed E-state index contributed by atoms with van der Waals surface area (Å²) in [4.78, 5) is 0. The molecular formula is C17H25Cl2N. The van der Waals surface area contributed by atoms with Crippen LogP contribution in [-0.2, 0) is 6.42 Å². The van der Waals surface area contributed by atoms with Crippen molar-refractivity contribution in [2.75, 3.05) is 6.54 Å². The fourth-order valence-corrected chi connectivity index (χ4v) is 3.80. The molecule has 0 amide bonds. The first-order valence-electron chi connectivity index (χ1n) is 7.79. The molecule has 3 atom stereocenters. The Hall–Kier alpha value is -0.240. The van der Waals surface area contributed by atoms with E-state index in [0.29, 0.717) is 6.04 Å². The predicted molar refractivity (Wildman–Crippen MR) is 88.8 cm³/mol. The molecule has 0 spiro atoms. The molecule has 1 nitrogen and oxygen atoms in total. The molecule has 0 aromatic heterocycles. The van der Waals surface area contributed by atoms with Crippen molar-refractivity contribution >= 4 is 23.2 Å². The molecule has 1 N–H and O–H groups in total. The first-order valence-corrected chi connectivity index (χ1v) is 8.54. The minimum atomic E-state index is 0.517. The zero-order valence-electron chi connectivity index (χ0n) is 12.5. The third kappa shape index (κ3) is 4.13. The molecule has 112 valence electrons. The van der Waals surface area contributed by atoms with Gasteiger partial charge in [0.15, 0.2) is 0 Å². The molecule has 1 fully saturated rings. The standard InChI is InChI=1S/C17H25Cl2N/c1-3-9-20-17(15-6-4-5-12(15)2)11-13-10-14(18)7-8-16(13)19/h7-8,10,12,15,17,20H,3-6,9,11H2,1-2H3. The average Bonchev–Trinajstić information content (AvgIpc) is 2.84. The molecule has 1 aliphatic rings. The SMILES string of the molecule is CCCNC(Cc1cc(Cl)ccc1Cl)C1CCCC1C. The number of hydrogen-bond acceptors (Lipinski definition) is 1. The van der Waals surface area contributed by atoms with E-state index in [9.17, 15) is 0 Å². The maximum Gasteiger partial charge on any atom is 0.0439 e. The molecule has 0 saturated heterocycles. The predicted octanol–water partition coefficient (Wildman–Crippen LogP) is 5.34. The largest absolute Gasteiger partial charge is 0.313 e. The summed E-state index contributed by atoms with van der Waals surface area (Å²) in [7, 11) is 0. The topological polar surface area (TPSA) is 12.0 Å². The van der Waals surface area contributed by atoms with E-state index in [1.807, 2.05) is 18.2 Å². The molecule has 1 aromatic rings. The Morgan fingerprint density at radius 3 is 2.75 bits per heavy atom. The monoisotopic (exact) mass is 313 g/mol. The molecule has 1 saturated carbocycles. The zero-order chi connectivity index (χ0) is 14.5. The van der Waals surface area contributed by atoms with Crippen LogP contribution in [0.25, 0.3) is 0 Å². The van der Waals surface area contributed by atoms with Crippen LogP contribution in [0.5, 0.6) is 0 Å². The lowest BCUT2D eigenvalue weighted by molar-refractivity contribution is 0.295. The minimum Gasteiger partial charge on any atom is -0.313 e. The highest BCUT2D eigenvalue weighted by Gasteiger charge is 2.30. The summed E-state index contributed by atoms with van der Waals surface area (Å²) in [6.45, 7) is 5.68. The molecule has 20 heavy (non-hydrogen) atoms. The van der Waals surface area contributed by atoms with E-state index < -0.39 is 0 Å². The van der Waals surface area contributed by atoms with Gasteiger partial charge in [-0.05, 0) is 61.4 Å². The van der Waals surface area contributed by atoms with Crippen LogP contribution in [0.2, 0.25) is 10.0 Å². The van der Waals surface area contributed by atoms with E-state index >= 15 is 0 Å². The third-order valence-electron chi connectivity index (χ3n) is 4.55. The molecule has 3 unspecified atom stereocenters. The van der Waals surface area contributed by atoms with Gasteiger partial charge < -0.3 is 5.32 Å². The fourth-order valence-electron chi connectivity index (χ4n) is 3.41. The lowest BCUT2D eigenvalue weighted by Crippen LogP contribution is -2.39. The van der Waals surface area contributed by atoms with Gasteiger partial charge in [0.25, 0.3) is 0 Å². The van der Waals surface area contributed by atoms with Crippen molar-refractivity contribution in [3.8, 4) is 0 Å². The van der Waals surface area contributed by atoms with Gasteiger partial charge in [-0.25, -0.2) is 0 Å². The van der Waals surface area contributed by atoms with Gasteiger partial charge in [-0.2, -0.15) is 0 Å². The van der Waals surface area contributed by atoms with Gasteiger partial charge in [0, 0.05) is 16.1 Å². The van der Waals surface area contributed by atoms with E-state index in [2.05, 4.69) is 19.2 Å². The van der Waals surface area contributed by atoms with Crippen molar-refractivity contribution in [1.29, 1.82) is 0 Å². The Bertz CT molecular complexity index is 433. The summed E-state index contributed by atoms with van der Waals surface area (Å²) in [5.74, 6) is 1.57. The lowest BCUT2D eigenvalue weighted by atomic mass is 9.86. The van der Waals surface area contributed by atoms with Crippen molar-refractivity contribution < 1.29 is 0 Å². The molecule has 1 aliphatic carbocycles. The summed E-state index contributed by atoms with van der Waals surface area (Å²) in [6.07, 6.45) is 6.20. The summed E-state index contributed by atoms with van der Waals surface area (Å²) in [5.41, 5.74) is 1.17. The third-order valence-corrected chi connectivity index (χ3v) is 5.15. The van der Waals surface area contributed by atoms with E-state index in [4.69, 9.17) is 23.2 Å². The molecule has 0 bridgehead atoms. The van der Waals surface area contributed by atoms with Crippen molar-refractivity contribution in [1.82, 2.24) is 5.32 Å². The Morgan fingerprint density at radius 2 is 2.10 bits per heavy atom. The summed E-state index contributed by atoms with van der Waals surface area (Å²) in [6, 6.07) is 6.31. The van der Waals surface area contributed by atoms with E-state index in [0.717, 1.165) is 34.8 Å². The van der Waals surface area contributed by atoms with Gasteiger partial charge in [-0.3, -0.25) is 0 Å². The van der Waals surface area contributed by atoms with Gasteiger partial charge in [0.1, 0.15) is 0 Å². The van der Waals surface area contributed by atoms with Crippen molar-refractivity contribution in [3.05, 3.63) is 33.8 Å². The number of benzene rings is 1. The quantitative estimate of drug-likeness (QED) is 0.747. The Labute approximate surface area is 133 Å². The highest BCUT2D eigenvalue weighted by molar-refractivity contribution is 6.33. The average molecular weight is 314 g/mol. The van der Waals surface area contributed by atoms with Gasteiger partial charge in [-0.15, -0.1) is 0 Å². The molecule has 2 rings (SSSR count). The van der Waals surface area contributed by atoms with E-state index in [1.54, 1.807) is 0 Å². The van der Waals surface area contributed by atoms with Crippen LogP contribution in [0.1, 0.15) is 45.1 Å². The van der Waals surface area contributed by atoms with Crippen molar-refractivity contribution in [2.24, 2.45) is 11.8 Å². The van der Waals surface area contributed by atoms with Crippen LogP contribution in [0.3, 0.4) is 0 Å². The normalized spacial score (nSPS) is 24.0. The smallest absolute Gasteiger partial charge is 0.0439 e. The van der Waals surface area contributed by atoms with Gasteiger partial charge >= 0.3 is 0 Å². The number of nitrogens with one attached hydrogen (secondary N) is 1. The summed E-state index contributed by atoms with van der Waals surface area (Å²) in [5, 5.41) is 5.35. The second kappa shape index (κ2) is 7.68. The fraction of sp³-hybridized carbons (Fsp3) is 0.647. The molecule has 3 heteroatoms. The molecule has 0 heterocycles. The highest BCUT2D eigenvalue weighted by Crippen LogP contribution is 2.35. The molecule has 0 aliphatic heterocycles. The maximum absolute atomic E-state index is 6.33. The highest BCUT2D eigenvalue weighted by atomic mass is 35.5. The van der Waals surface area contributed by atoms with E-state index in [1.165, 1.54) is 31.2 Å². The van der Waals surface area contributed by atoms with Crippen LogP contribution >= 0.6 is 23.2 Å². The van der Waals surface area contributed by atoms with Gasteiger partial charge in [0.2, 0.25) is 0 Å². The Balaban J connectivity index is 2.12. The maximum atomic E-state index is 6.33. The molecular weight excluding hydrogens is 289 g/mol. The number of rotatable bonds is 6. The van der Waals surface area contributed by atoms with Gasteiger partial charge in [-0.1, -0.05) is 49.9 Å². The first-order chi connectivity index (χ1) is 9.61. The molecule has 0 radical (unpaired) electrons. The van der Waals surface area contributed by atoms with Crippen molar-refractivity contribution in [3.63, 3.8) is 0 Å². The van der Waals surface area contributed by atoms with Crippen LogP contribution in [0.4, 0.5) is 0 Å². The Kier molecular flexibility index (Phi) is 6.20. The first kappa shape index (κ1) is 16.1.